The monoisotopic (exact) mass is 280 g/mol. The van der Waals surface area contributed by atoms with Crippen molar-refractivity contribution in [3.63, 3.8) is 0 Å². The molecule has 2 heteroatoms. The van der Waals surface area contributed by atoms with Crippen LogP contribution in [-0.4, -0.2) is 14.1 Å². The van der Waals surface area contributed by atoms with Crippen molar-refractivity contribution in [2.24, 2.45) is 0 Å². The summed E-state index contributed by atoms with van der Waals surface area (Å²) >= 11 is 0. The van der Waals surface area contributed by atoms with Crippen molar-refractivity contribution >= 4 is 11.4 Å². The van der Waals surface area contributed by atoms with Crippen molar-refractivity contribution in [1.82, 2.24) is 0 Å². The molecule has 0 amide bonds. The van der Waals surface area contributed by atoms with Crippen LogP contribution >= 0.6 is 0 Å². The largest absolute Gasteiger partial charge is 0.377 e. The van der Waals surface area contributed by atoms with Crippen molar-refractivity contribution in [2.45, 2.75) is 32.2 Å². The first kappa shape index (κ1) is 14.0. The number of rotatable bonds is 4. The van der Waals surface area contributed by atoms with Crippen LogP contribution in [0.4, 0.5) is 11.4 Å². The van der Waals surface area contributed by atoms with Gasteiger partial charge in [0.25, 0.3) is 0 Å². The fourth-order valence-corrected chi connectivity index (χ4v) is 3.16. The number of fused-ring (bicyclic) bond motifs is 1. The maximum atomic E-state index is 3.66. The summed E-state index contributed by atoms with van der Waals surface area (Å²) in [5.74, 6) is 0. The third-order valence-corrected chi connectivity index (χ3v) is 4.38. The average molecular weight is 280 g/mol. The minimum Gasteiger partial charge on any atom is -0.377 e. The number of hydrogen-bond donors (Lipinski definition) is 1. The third-order valence-electron chi connectivity index (χ3n) is 4.38. The zero-order valence-electron chi connectivity index (χ0n) is 13.2. The van der Waals surface area contributed by atoms with Crippen molar-refractivity contribution in [1.29, 1.82) is 0 Å². The Morgan fingerprint density at radius 3 is 2.57 bits per heavy atom. The molecule has 0 radical (unpaired) electrons. The Labute approximate surface area is 127 Å². The molecule has 2 nitrogen and oxygen atoms in total. The topological polar surface area (TPSA) is 15.3 Å². The lowest BCUT2D eigenvalue weighted by atomic mass is 10.0. The Morgan fingerprint density at radius 2 is 1.76 bits per heavy atom. The van der Waals surface area contributed by atoms with Crippen LogP contribution in [0.3, 0.4) is 0 Å². The molecule has 0 aliphatic heterocycles. The predicted octanol–water partition coefficient (Wildman–Crippen LogP) is 4.41. The molecule has 0 saturated heterocycles. The van der Waals surface area contributed by atoms with Crippen molar-refractivity contribution in [2.75, 3.05) is 24.3 Å². The highest BCUT2D eigenvalue weighted by molar-refractivity contribution is 5.69. The van der Waals surface area contributed by atoms with E-state index in [4.69, 9.17) is 0 Å². The van der Waals surface area contributed by atoms with E-state index in [0.29, 0.717) is 6.04 Å². The molecule has 0 heterocycles. The van der Waals surface area contributed by atoms with Crippen LogP contribution in [0.5, 0.6) is 0 Å². The Hall–Kier alpha value is -1.96. The van der Waals surface area contributed by atoms with Gasteiger partial charge in [0.1, 0.15) is 0 Å². The lowest BCUT2D eigenvalue weighted by Crippen LogP contribution is -2.14. The fraction of sp³-hybridized carbons (Fsp3) is 0.368. The summed E-state index contributed by atoms with van der Waals surface area (Å²) in [5, 5.41) is 3.66. The number of benzene rings is 2. The second-order valence-electron chi connectivity index (χ2n) is 6.16. The molecule has 0 saturated carbocycles. The molecular formula is C19H24N2. The van der Waals surface area contributed by atoms with Gasteiger partial charge in [0, 0.05) is 20.1 Å². The molecular weight excluding hydrogens is 256 g/mol. The molecule has 0 spiro atoms. The number of aryl methyl sites for hydroxylation is 2. The number of anilines is 2. The fourth-order valence-electron chi connectivity index (χ4n) is 3.16. The number of nitrogens with one attached hydrogen (secondary N) is 1. The predicted molar refractivity (Wildman–Crippen MR) is 91.3 cm³/mol. The maximum Gasteiger partial charge on any atom is 0.0596 e. The minimum atomic E-state index is 0.317. The van der Waals surface area contributed by atoms with Gasteiger partial charge < -0.3 is 10.2 Å². The van der Waals surface area contributed by atoms with Crippen LogP contribution in [0.25, 0.3) is 0 Å². The van der Waals surface area contributed by atoms with Crippen LogP contribution < -0.4 is 10.2 Å². The van der Waals surface area contributed by atoms with Gasteiger partial charge in [-0.05, 0) is 55.0 Å². The smallest absolute Gasteiger partial charge is 0.0596 e. The lowest BCUT2D eigenvalue weighted by molar-refractivity contribution is 0.877. The summed E-state index contributed by atoms with van der Waals surface area (Å²) in [6.45, 7) is 2.24. The van der Waals surface area contributed by atoms with Crippen LogP contribution in [0.1, 0.15) is 36.1 Å². The molecule has 1 unspecified atom stereocenters. The quantitative estimate of drug-likeness (QED) is 0.892. The second-order valence-corrected chi connectivity index (χ2v) is 6.16. The highest BCUT2D eigenvalue weighted by atomic mass is 15.1. The summed E-state index contributed by atoms with van der Waals surface area (Å²) in [6, 6.07) is 15.8. The molecule has 1 atom stereocenters. The normalized spacial score (nSPS) is 14.6. The third kappa shape index (κ3) is 2.90. The van der Waals surface area contributed by atoms with Gasteiger partial charge in [-0.15, -0.1) is 0 Å². The molecule has 1 N–H and O–H groups in total. The molecule has 1 aliphatic carbocycles. The first-order valence-corrected chi connectivity index (χ1v) is 7.80. The number of hydrogen-bond acceptors (Lipinski definition) is 2. The standard InChI is InChI=1S/C19H24N2/c1-14(16-12-11-15-7-6-8-17(15)13-16)20-18-9-4-5-10-19(18)21(2)3/h4-5,9-14,20H,6-8H2,1-3H3. The Morgan fingerprint density at radius 1 is 1.00 bits per heavy atom. The molecule has 110 valence electrons. The Bertz CT molecular complexity index is 631. The molecule has 2 aromatic rings. The molecule has 2 aromatic carbocycles. The van der Waals surface area contributed by atoms with Gasteiger partial charge in [0.2, 0.25) is 0 Å². The van der Waals surface area contributed by atoms with Gasteiger partial charge in [-0.2, -0.15) is 0 Å². The van der Waals surface area contributed by atoms with E-state index >= 15 is 0 Å². The van der Waals surface area contributed by atoms with Gasteiger partial charge in [-0.25, -0.2) is 0 Å². The van der Waals surface area contributed by atoms with Crippen LogP contribution in [0, 0.1) is 0 Å². The van der Waals surface area contributed by atoms with Crippen LogP contribution in [0.15, 0.2) is 42.5 Å². The van der Waals surface area contributed by atoms with Crippen molar-refractivity contribution < 1.29 is 0 Å². The van der Waals surface area contributed by atoms with E-state index in [2.05, 4.69) is 73.7 Å². The van der Waals surface area contributed by atoms with Gasteiger partial charge >= 0.3 is 0 Å². The lowest BCUT2D eigenvalue weighted by Gasteiger charge is -2.22. The average Bonchev–Trinajstić information content (AvgIpc) is 2.94. The van der Waals surface area contributed by atoms with E-state index in [1.54, 1.807) is 11.1 Å². The molecule has 0 bridgehead atoms. The SMILES string of the molecule is CC(Nc1ccccc1N(C)C)c1ccc2c(c1)CCC2. The summed E-state index contributed by atoms with van der Waals surface area (Å²) < 4.78 is 0. The molecule has 21 heavy (non-hydrogen) atoms. The van der Waals surface area contributed by atoms with E-state index in [1.165, 1.54) is 36.2 Å². The minimum absolute atomic E-state index is 0.317. The van der Waals surface area contributed by atoms with Gasteiger partial charge in [0.15, 0.2) is 0 Å². The van der Waals surface area contributed by atoms with Gasteiger partial charge in [0.05, 0.1) is 11.4 Å². The van der Waals surface area contributed by atoms with E-state index in [9.17, 15) is 0 Å². The van der Waals surface area contributed by atoms with Crippen molar-refractivity contribution in [3.05, 3.63) is 59.2 Å². The van der Waals surface area contributed by atoms with Crippen molar-refractivity contribution in [3.8, 4) is 0 Å². The first-order valence-electron chi connectivity index (χ1n) is 7.80. The van der Waals surface area contributed by atoms with Gasteiger partial charge in [-0.1, -0.05) is 30.3 Å². The molecule has 0 fully saturated rings. The molecule has 3 rings (SSSR count). The number of para-hydroxylation sites is 2. The Kier molecular flexibility index (Phi) is 3.87. The van der Waals surface area contributed by atoms with Crippen LogP contribution in [0.2, 0.25) is 0 Å². The summed E-state index contributed by atoms with van der Waals surface area (Å²) in [7, 11) is 4.17. The summed E-state index contributed by atoms with van der Waals surface area (Å²) in [4.78, 5) is 2.15. The first-order chi connectivity index (χ1) is 10.1. The second kappa shape index (κ2) is 5.80. The van der Waals surface area contributed by atoms with E-state index in [1.807, 2.05) is 0 Å². The van der Waals surface area contributed by atoms with Crippen LogP contribution in [-0.2, 0) is 12.8 Å². The summed E-state index contributed by atoms with van der Waals surface area (Å²) in [6.07, 6.45) is 3.80. The highest BCUT2D eigenvalue weighted by Crippen LogP contribution is 2.30. The number of nitrogens with zero attached hydrogens (tertiary/aromatic N) is 1. The maximum absolute atomic E-state index is 3.66. The van der Waals surface area contributed by atoms with Gasteiger partial charge in [-0.3, -0.25) is 0 Å². The van der Waals surface area contributed by atoms with E-state index < -0.39 is 0 Å². The summed E-state index contributed by atoms with van der Waals surface area (Å²) in [5.41, 5.74) is 6.88. The van der Waals surface area contributed by atoms with E-state index in [0.717, 1.165) is 0 Å². The molecule has 1 aliphatic rings. The zero-order chi connectivity index (χ0) is 14.8. The Balaban J connectivity index is 1.82. The molecule has 0 aromatic heterocycles. The zero-order valence-corrected chi connectivity index (χ0v) is 13.2. The van der Waals surface area contributed by atoms with E-state index in [-0.39, 0.29) is 0 Å². The highest BCUT2D eigenvalue weighted by Gasteiger charge is 2.14.